The number of esters is 1. The molecule has 116 valence electrons. The molecule has 8 heteroatoms. The molecular weight excluding hydrogens is 316 g/mol. The third-order valence-electron chi connectivity index (χ3n) is 3.38. The lowest BCUT2D eigenvalue weighted by Gasteiger charge is -2.33. The van der Waals surface area contributed by atoms with Crippen molar-refractivity contribution in [2.24, 2.45) is 0 Å². The number of halogens is 1. The lowest BCUT2D eigenvalue weighted by molar-refractivity contribution is 0.0596. The molecule has 0 amide bonds. The first-order valence-corrected chi connectivity index (χ1v) is 8.30. The summed E-state index contributed by atoms with van der Waals surface area (Å²) in [6.07, 6.45) is 0. The van der Waals surface area contributed by atoms with E-state index < -0.39 is 16.0 Å². The van der Waals surface area contributed by atoms with Gasteiger partial charge in [0.25, 0.3) is 0 Å². The summed E-state index contributed by atoms with van der Waals surface area (Å²) in [6.45, 7) is 3.29. The van der Waals surface area contributed by atoms with Gasteiger partial charge in [0.15, 0.2) is 0 Å². The van der Waals surface area contributed by atoms with Crippen molar-refractivity contribution in [3.8, 4) is 0 Å². The summed E-state index contributed by atoms with van der Waals surface area (Å²) in [5, 5.41) is 3.38. The molecule has 1 unspecified atom stereocenters. The third-order valence-corrected chi connectivity index (χ3v) is 5.66. The monoisotopic (exact) mass is 332 g/mol. The predicted molar refractivity (Wildman–Crippen MR) is 79.0 cm³/mol. The van der Waals surface area contributed by atoms with Crippen LogP contribution in [0.2, 0.25) is 5.02 Å². The van der Waals surface area contributed by atoms with Crippen molar-refractivity contribution in [3.63, 3.8) is 0 Å². The second-order valence-electron chi connectivity index (χ2n) is 4.80. The molecule has 1 atom stereocenters. The SMILES string of the molecule is COC(=O)c1ccc(Cl)cc1S(=O)(=O)N1CCNCC1C. The van der Waals surface area contributed by atoms with Gasteiger partial charge in [0.05, 0.1) is 17.6 Å². The predicted octanol–water partition coefficient (Wildman–Crippen LogP) is 1.11. The van der Waals surface area contributed by atoms with Crippen molar-refractivity contribution in [1.82, 2.24) is 9.62 Å². The van der Waals surface area contributed by atoms with Gasteiger partial charge >= 0.3 is 5.97 Å². The van der Waals surface area contributed by atoms with Gasteiger partial charge in [-0.3, -0.25) is 0 Å². The minimum absolute atomic E-state index is 0.00682. The average Bonchev–Trinajstić information content (AvgIpc) is 2.46. The van der Waals surface area contributed by atoms with Crippen molar-refractivity contribution in [3.05, 3.63) is 28.8 Å². The van der Waals surface area contributed by atoms with Crippen LogP contribution in [0.3, 0.4) is 0 Å². The highest BCUT2D eigenvalue weighted by molar-refractivity contribution is 7.89. The van der Waals surface area contributed by atoms with Crippen LogP contribution in [0.15, 0.2) is 23.1 Å². The number of hydrogen-bond donors (Lipinski definition) is 1. The van der Waals surface area contributed by atoms with Gasteiger partial charge in [-0.2, -0.15) is 4.31 Å². The Bertz CT molecular complexity index is 648. The van der Waals surface area contributed by atoms with E-state index in [0.717, 1.165) is 0 Å². The number of hydrogen-bond acceptors (Lipinski definition) is 5. The minimum atomic E-state index is -3.81. The standard InChI is InChI=1S/C13H17ClN2O4S/c1-9-8-15-5-6-16(9)21(18,19)12-7-10(14)3-4-11(12)13(17)20-2/h3-4,7,9,15H,5-6,8H2,1-2H3. The molecule has 1 aromatic carbocycles. The van der Waals surface area contributed by atoms with Gasteiger partial charge in [-0.25, -0.2) is 13.2 Å². The number of methoxy groups -OCH3 is 1. The first kappa shape index (κ1) is 16.2. The third kappa shape index (κ3) is 3.21. The topological polar surface area (TPSA) is 75.7 Å². The van der Waals surface area contributed by atoms with Crippen LogP contribution in [0, 0.1) is 0 Å². The Hall–Kier alpha value is -1.15. The first-order valence-electron chi connectivity index (χ1n) is 6.48. The Balaban J connectivity index is 2.53. The lowest BCUT2D eigenvalue weighted by atomic mass is 10.2. The van der Waals surface area contributed by atoms with Gasteiger partial charge in [-0.15, -0.1) is 0 Å². The molecule has 6 nitrogen and oxygen atoms in total. The van der Waals surface area contributed by atoms with Crippen LogP contribution in [0.25, 0.3) is 0 Å². The normalized spacial score (nSPS) is 20.2. The fourth-order valence-corrected chi connectivity index (χ4v) is 4.37. The zero-order valence-corrected chi connectivity index (χ0v) is 13.4. The molecule has 0 spiro atoms. The second-order valence-corrected chi connectivity index (χ2v) is 7.10. The Morgan fingerprint density at radius 3 is 2.81 bits per heavy atom. The van der Waals surface area contributed by atoms with Crippen molar-refractivity contribution < 1.29 is 17.9 Å². The van der Waals surface area contributed by atoms with E-state index in [4.69, 9.17) is 11.6 Å². The van der Waals surface area contributed by atoms with Crippen LogP contribution in [0.5, 0.6) is 0 Å². The van der Waals surface area contributed by atoms with E-state index in [0.29, 0.717) is 19.6 Å². The van der Waals surface area contributed by atoms with Gasteiger partial charge in [-0.1, -0.05) is 11.6 Å². The van der Waals surface area contributed by atoms with E-state index >= 15 is 0 Å². The van der Waals surface area contributed by atoms with Crippen LogP contribution in [-0.2, 0) is 14.8 Å². The van der Waals surface area contributed by atoms with E-state index in [9.17, 15) is 13.2 Å². The minimum Gasteiger partial charge on any atom is -0.465 e. The van der Waals surface area contributed by atoms with E-state index in [1.807, 2.05) is 6.92 Å². The molecule has 1 N–H and O–H groups in total. The summed E-state index contributed by atoms with van der Waals surface area (Å²) >= 11 is 5.90. The summed E-state index contributed by atoms with van der Waals surface area (Å²) in [5.41, 5.74) is -0.00682. The number of benzene rings is 1. The number of nitrogens with zero attached hydrogens (tertiary/aromatic N) is 1. The summed E-state index contributed by atoms with van der Waals surface area (Å²) in [5.74, 6) is -0.701. The second kappa shape index (κ2) is 6.31. The number of rotatable bonds is 3. The summed E-state index contributed by atoms with van der Waals surface area (Å²) in [4.78, 5) is 11.7. The fourth-order valence-electron chi connectivity index (χ4n) is 2.29. The van der Waals surface area contributed by atoms with Crippen molar-refractivity contribution in [1.29, 1.82) is 0 Å². The Morgan fingerprint density at radius 2 is 2.19 bits per heavy atom. The number of carbonyl (C=O) groups is 1. The van der Waals surface area contributed by atoms with Gasteiger partial charge in [0.2, 0.25) is 10.0 Å². The largest absolute Gasteiger partial charge is 0.465 e. The van der Waals surface area contributed by atoms with Crippen molar-refractivity contribution in [2.45, 2.75) is 17.9 Å². The number of piperazine rings is 1. The van der Waals surface area contributed by atoms with Crippen LogP contribution in [-0.4, -0.2) is 51.5 Å². The molecule has 1 fully saturated rings. The molecule has 0 bridgehead atoms. The van der Waals surface area contributed by atoms with Gasteiger partial charge in [0.1, 0.15) is 0 Å². The van der Waals surface area contributed by atoms with Gasteiger partial charge < -0.3 is 10.1 Å². The Labute approximate surface area is 129 Å². The van der Waals surface area contributed by atoms with E-state index in [1.165, 1.54) is 29.6 Å². The molecular formula is C13H17ClN2O4S. The highest BCUT2D eigenvalue weighted by Crippen LogP contribution is 2.26. The average molecular weight is 333 g/mol. The summed E-state index contributed by atoms with van der Waals surface area (Å²) in [6, 6.07) is 3.92. The van der Waals surface area contributed by atoms with Crippen molar-refractivity contribution >= 4 is 27.6 Å². The molecule has 1 aromatic rings. The molecule has 1 aliphatic rings. The molecule has 0 saturated carbocycles. The smallest absolute Gasteiger partial charge is 0.339 e. The maximum Gasteiger partial charge on any atom is 0.339 e. The molecule has 0 aromatic heterocycles. The maximum atomic E-state index is 12.8. The molecule has 0 radical (unpaired) electrons. The quantitative estimate of drug-likeness (QED) is 0.839. The highest BCUT2D eigenvalue weighted by Gasteiger charge is 2.34. The van der Waals surface area contributed by atoms with E-state index in [-0.39, 0.29) is 21.5 Å². The summed E-state index contributed by atoms with van der Waals surface area (Å²) in [7, 11) is -2.60. The van der Waals surface area contributed by atoms with Crippen molar-refractivity contribution in [2.75, 3.05) is 26.7 Å². The molecule has 1 aliphatic heterocycles. The fraction of sp³-hybridized carbons (Fsp3) is 0.462. The van der Waals surface area contributed by atoms with Crippen LogP contribution in [0.1, 0.15) is 17.3 Å². The van der Waals surface area contributed by atoms with Gasteiger partial charge in [0, 0.05) is 30.7 Å². The van der Waals surface area contributed by atoms with Crippen LogP contribution in [0.4, 0.5) is 0 Å². The molecule has 21 heavy (non-hydrogen) atoms. The zero-order chi connectivity index (χ0) is 15.6. The van der Waals surface area contributed by atoms with Crippen LogP contribution < -0.4 is 5.32 Å². The molecule has 2 rings (SSSR count). The molecule has 0 aliphatic carbocycles. The van der Waals surface area contributed by atoms with Gasteiger partial charge in [-0.05, 0) is 25.1 Å². The highest BCUT2D eigenvalue weighted by atomic mass is 35.5. The van der Waals surface area contributed by atoms with E-state index in [2.05, 4.69) is 10.1 Å². The number of sulfonamides is 1. The number of nitrogens with one attached hydrogen (secondary N) is 1. The lowest BCUT2D eigenvalue weighted by Crippen LogP contribution is -2.52. The Kier molecular flexibility index (Phi) is 4.88. The zero-order valence-electron chi connectivity index (χ0n) is 11.8. The number of ether oxygens (including phenoxy) is 1. The van der Waals surface area contributed by atoms with E-state index in [1.54, 1.807) is 0 Å². The molecule has 1 saturated heterocycles. The van der Waals surface area contributed by atoms with Crippen LogP contribution >= 0.6 is 11.6 Å². The number of carbonyl (C=O) groups excluding carboxylic acids is 1. The first-order chi connectivity index (χ1) is 9.87. The molecule has 1 heterocycles. The Morgan fingerprint density at radius 1 is 1.48 bits per heavy atom. The maximum absolute atomic E-state index is 12.8. The summed E-state index contributed by atoms with van der Waals surface area (Å²) < 4.78 is 31.7.